The van der Waals surface area contributed by atoms with Crippen LogP contribution in [0.2, 0.25) is 0 Å². The standard InChI is InChI=1S/C15H21FN2O3/c1-15(2,3)21-14(20)18-7-6-11(12(19)9-18)10-4-5-13(16)17-8-10/h4-5,8,11-12,19H,6-7,9H2,1-3H3/t11-,12+/m0/s1. The molecule has 1 aliphatic heterocycles. The van der Waals surface area contributed by atoms with E-state index in [-0.39, 0.29) is 12.5 Å². The first kappa shape index (κ1) is 15.7. The number of aliphatic hydroxyl groups is 1. The molecule has 0 aromatic carbocycles. The molecule has 1 saturated heterocycles. The molecule has 0 radical (unpaired) electrons. The summed E-state index contributed by atoms with van der Waals surface area (Å²) in [6, 6.07) is 2.90. The van der Waals surface area contributed by atoms with Gasteiger partial charge in [0.1, 0.15) is 5.60 Å². The zero-order chi connectivity index (χ0) is 15.6. The molecular formula is C15H21FN2O3. The number of amides is 1. The molecule has 2 rings (SSSR count). The van der Waals surface area contributed by atoms with Gasteiger partial charge in [0.2, 0.25) is 5.95 Å². The highest BCUT2D eigenvalue weighted by Gasteiger charge is 2.33. The van der Waals surface area contributed by atoms with E-state index in [1.165, 1.54) is 17.2 Å². The van der Waals surface area contributed by atoms with Gasteiger partial charge < -0.3 is 14.7 Å². The van der Waals surface area contributed by atoms with Crippen molar-refractivity contribution in [2.24, 2.45) is 0 Å². The number of nitrogens with zero attached hydrogens (tertiary/aromatic N) is 2. The first-order chi connectivity index (χ1) is 9.76. The highest BCUT2D eigenvalue weighted by atomic mass is 19.1. The summed E-state index contributed by atoms with van der Waals surface area (Å²) in [5.41, 5.74) is 0.229. The number of carbonyl (C=O) groups excluding carboxylic acids is 1. The smallest absolute Gasteiger partial charge is 0.410 e. The molecule has 0 aliphatic carbocycles. The maximum absolute atomic E-state index is 12.8. The Kier molecular flexibility index (Phi) is 4.46. The SMILES string of the molecule is CC(C)(C)OC(=O)N1CC[C@@H](c2ccc(F)nc2)[C@H](O)C1. The molecule has 2 heterocycles. The Balaban J connectivity index is 1.99. The summed E-state index contributed by atoms with van der Waals surface area (Å²) in [6.07, 6.45) is 0.899. The number of halogens is 1. The predicted molar refractivity (Wildman–Crippen MR) is 75.4 cm³/mol. The maximum atomic E-state index is 12.8. The molecule has 0 saturated carbocycles. The van der Waals surface area contributed by atoms with Gasteiger partial charge in [-0.1, -0.05) is 6.07 Å². The summed E-state index contributed by atoms with van der Waals surface area (Å²) < 4.78 is 18.1. The second-order valence-corrected chi connectivity index (χ2v) is 6.30. The van der Waals surface area contributed by atoms with Crippen molar-refractivity contribution in [2.75, 3.05) is 13.1 Å². The molecule has 116 valence electrons. The first-order valence-electron chi connectivity index (χ1n) is 7.04. The molecule has 0 spiro atoms. The van der Waals surface area contributed by atoms with Crippen molar-refractivity contribution in [1.82, 2.24) is 9.88 Å². The van der Waals surface area contributed by atoms with E-state index in [9.17, 15) is 14.3 Å². The quantitative estimate of drug-likeness (QED) is 0.808. The van der Waals surface area contributed by atoms with Crippen molar-refractivity contribution in [2.45, 2.75) is 44.8 Å². The molecule has 1 aliphatic rings. The van der Waals surface area contributed by atoms with Gasteiger partial charge in [-0.25, -0.2) is 9.78 Å². The lowest BCUT2D eigenvalue weighted by Gasteiger charge is -2.36. The molecule has 1 fully saturated rings. The van der Waals surface area contributed by atoms with Crippen LogP contribution in [0, 0.1) is 5.95 Å². The molecule has 1 aromatic rings. The number of likely N-dealkylation sites (tertiary alicyclic amines) is 1. The van der Waals surface area contributed by atoms with Crippen LogP contribution in [-0.4, -0.2) is 45.9 Å². The molecule has 1 amide bonds. The van der Waals surface area contributed by atoms with E-state index in [0.717, 1.165) is 5.56 Å². The van der Waals surface area contributed by atoms with E-state index in [2.05, 4.69) is 4.98 Å². The molecule has 21 heavy (non-hydrogen) atoms. The van der Waals surface area contributed by atoms with Crippen LogP contribution in [0.1, 0.15) is 38.7 Å². The Morgan fingerprint density at radius 3 is 2.71 bits per heavy atom. The van der Waals surface area contributed by atoms with E-state index in [1.54, 1.807) is 26.8 Å². The van der Waals surface area contributed by atoms with Gasteiger partial charge in [-0.15, -0.1) is 0 Å². The fourth-order valence-electron chi connectivity index (χ4n) is 2.42. The Labute approximate surface area is 123 Å². The van der Waals surface area contributed by atoms with Crippen LogP contribution in [-0.2, 0) is 4.74 Å². The van der Waals surface area contributed by atoms with Crippen LogP contribution in [0.25, 0.3) is 0 Å². The van der Waals surface area contributed by atoms with Crippen molar-refractivity contribution in [3.05, 3.63) is 29.8 Å². The molecule has 1 aromatic heterocycles. The van der Waals surface area contributed by atoms with Gasteiger partial charge in [-0.2, -0.15) is 4.39 Å². The zero-order valence-corrected chi connectivity index (χ0v) is 12.5. The van der Waals surface area contributed by atoms with Gasteiger partial charge in [-0.05, 0) is 38.8 Å². The van der Waals surface area contributed by atoms with Crippen LogP contribution < -0.4 is 0 Å². The van der Waals surface area contributed by atoms with Gasteiger partial charge >= 0.3 is 6.09 Å². The number of β-amino-alcohol motifs (C(OH)–C–C–N with tert-alkyl or cyclic N) is 1. The fourth-order valence-corrected chi connectivity index (χ4v) is 2.42. The van der Waals surface area contributed by atoms with Crippen molar-refractivity contribution in [3.8, 4) is 0 Å². The average Bonchev–Trinajstić information content (AvgIpc) is 2.38. The molecule has 5 nitrogen and oxygen atoms in total. The van der Waals surface area contributed by atoms with Crippen molar-refractivity contribution >= 4 is 6.09 Å². The molecule has 0 bridgehead atoms. The number of piperidine rings is 1. The van der Waals surface area contributed by atoms with Crippen LogP contribution in [0.4, 0.5) is 9.18 Å². The zero-order valence-electron chi connectivity index (χ0n) is 12.5. The van der Waals surface area contributed by atoms with E-state index >= 15 is 0 Å². The molecule has 1 N–H and O–H groups in total. The lowest BCUT2D eigenvalue weighted by molar-refractivity contribution is -0.00155. The number of pyridine rings is 1. The van der Waals surface area contributed by atoms with E-state index < -0.39 is 23.7 Å². The largest absolute Gasteiger partial charge is 0.444 e. The summed E-state index contributed by atoms with van der Waals surface area (Å²) in [6.45, 7) is 6.11. The molecule has 0 unspecified atom stereocenters. The lowest BCUT2D eigenvalue weighted by atomic mass is 9.88. The molecule has 6 heteroatoms. The van der Waals surface area contributed by atoms with Crippen LogP contribution in [0.15, 0.2) is 18.3 Å². The number of rotatable bonds is 1. The van der Waals surface area contributed by atoms with Gasteiger partial charge in [0.15, 0.2) is 0 Å². The third-order valence-electron chi connectivity index (χ3n) is 3.41. The Morgan fingerprint density at radius 1 is 1.48 bits per heavy atom. The third-order valence-corrected chi connectivity index (χ3v) is 3.41. The highest BCUT2D eigenvalue weighted by Crippen LogP contribution is 2.28. The lowest BCUT2D eigenvalue weighted by Crippen LogP contribution is -2.47. The minimum absolute atomic E-state index is 0.142. The number of aromatic nitrogens is 1. The second kappa shape index (κ2) is 5.97. The Morgan fingerprint density at radius 2 is 2.19 bits per heavy atom. The molecule has 2 atom stereocenters. The normalized spacial score (nSPS) is 23.0. The Bertz CT molecular complexity index is 499. The fraction of sp³-hybridized carbons (Fsp3) is 0.600. The number of carbonyl (C=O) groups is 1. The summed E-state index contributed by atoms with van der Waals surface area (Å²) in [5.74, 6) is -0.684. The van der Waals surface area contributed by atoms with Crippen molar-refractivity contribution in [3.63, 3.8) is 0 Å². The number of hydrogen-bond acceptors (Lipinski definition) is 4. The summed E-state index contributed by atoms with van der Waals surface area (Å²) in [5, 5.41) is 10.2. The highest BCUT2D eigenvalue weighted by molar-refractivity contribution is 5.68. The maximum Gasteiger partial charge on any atom is 0.410 e. The predicted octanol–water partition coefficient (Wildman–Crippen LogP) is 2.31. The topological polar surface area (TPSA) is 62.7 Å². The number of ether oxygens (including phenoxy) is 1. The number of aliphatic hydroxyl groups excluding tert-OH is 1. The van der Waals surface area contributed by atoms with Crippen LogP contribution in [0.3, 0.4) is 0 Å². The second-order valence-electron chi connectivity index (χ2n) is 6.30. The van der Waals surface area contributed by atoms with E-state index in [4.69, 9.17) is 4.74 Å². The Hall–Kier alpha value is -1.69. The first-order valence-corrected chi connectivity index (χ1v) is 7.04. The van der Waals surface area contributed by atoms with Gasteiger partial charge in [-0.3, -0.25) is 0 Å². The third kappa shape index (κ3) is 4.14. The molecular weight excluding hydrogens is 275 g/mol. The summed E-state index contributed by atoms with van der Waals surface area (Å²) in [4.78, 5) is 17.1. The minimum Gasteiger partial charge on any atom is -0.444 e. The number of hydrogen-bond donors (Lipinski definition) is 1. The summed E-state index contributed by atoms with van der Waals surface area (Å²) >= 11 is 0. The van der Waals surface area contributed by atoms with Crippen molar-refractivity contribution < 1.29 is 19.0 Å². The van der Waals surface area contributed by atoms with E-state index in [1.807, 2.05) is 0 Å². The van der Waals surface area contributed by atoms with Gasteiger partial charge in [0.25, 0.3) is 0 Å². The average molecular weight is 296 g/mol. The minimum atomic E-state index is -0.710. The van der Waals surface area contributed by atoms with Gasteiger partial charge in [0.05, 0.1) is 12.6 Å². The monoisotopic (exact) mass is 296 g/mol. The van der Waals surface area contributed by atoms with Crippen LogP contribution in [0.5, 0.6) is 0 Å². The van der Waals surface area contributed by atoms with Gasteiger partial charge in [0, 0.05) is 18.7 Å². The van der Waals surface area contributed by atoms with Crippen LogP contribution >= 0.6 is 0 Å². The van der Waals surface area contributed by atoms with E-state index in [0.29, 0.717) is 13.0 Å². The van der Waals surface area contributed by atoms with Crippen molar-refractivity contribution in [1.29, 1.82) is 0 Å². The summed E-state index contributed by atoms with van der Waals surface area (Å²) in [7, 11) is 0.